The SMILES string of the molecule is Cc1cccc(N2C(=O)CCC2(C)C(=O)NC2CCCC2)c1C. The highest BCUT2D eigenvalue weighted by molar-refractivity contribution is 6.07. The number of amides is 2. The van der Waals surface area contributed by atoms with E-state index in [4.69, 9.17) is 0 Å². The lowest BCUT2D eigenvalue weighted by molar-refractivity contribution is -0.127. The Kier molecular flexibility index (Phi) is 4.17. The molecule has 1 unspecified atom stereocenters. The standard InChI is InChI=1S/C19H26N2O2/c1-13-7-6-10-16(14(13)2)21-17(22)11-12-19(21,3)18(23)20-15-8-4-5-9-15/h6-7,10,15H,4-5,8-9,11-12H2,1-3H3,(H,20,23). The van der Waals surface area contributed by atoms with Crippen LogP contribution in [0, 0.1) is 13.8 Å². The lowest BCUT2D eigenvalue weighted by atomic mass is 9.95. The second-order valence-corrected chi connectivity index (χ2v) is 7.18. The van der Waals surface area contributed by atoms with Crippen molar-refractivity contribution in [2.75, 3.05) is 4.90 Å². The summed E-state index contributed by atoms with van der Waals surface area (Å²) in [5.74, 6) is 0.0407. The molecule has 1 aromatic rings. The van der Waals surface area contributed by atoms with Crippen LogP contribution >= 0.6 is 0 Å². The smallest absolute Gasteiger partial charge is 0.246 e. The maximum absolute atomic E-state index is 12.9. The van der Waals surface area contributed by atoms with Gasteiger partial charge in [-0.25, -0.2) is 0 Å². The van der Waals surface area contributed by atoms with Crippen molar-refractivity contribution in [3.8, 4) is 0 Å². The second-order valence-electron chi connectivity index (χ2n) is 7.18. The Morgan fingerprint density at radius 1 is 1.26 bits per heavy atom. The van der Waals surface area contributed by atoms with Gasteiger partial charge in [0, 0.05) is 18.2 Å². The monoisotopic (exact) mass is 314 g/mol. The number of hydrogen-bond donors (Lipinski definition) is 1. The van der Waals surface area contributed by atoms with Crippen LogP contribution in [-0.4, -0.2) is 23.4 Å². The molecular weight excluding hydrogens is 288 g/mol. The zero-order chi connectivity index (χ0) is 16.6. The topological polar surface area (TPSA) is 49.4 Å². The third-order valence-corrected chi connectivity index (χ3v) is 5.57. The van der Waals surface area contributed by atoms with E-state index in [2.05, 4.69) is 5.32 Å². The third kappa shape index (κ3) is 2.75. The summed E-state index contributed by atoms with van der Waals surface area (Å²) in [5, 5.41) is 3.18. The molecular formula is C19H26N2O2. The summed E-state index contributed by atoms with van der Waals surface area (Å²) in [7, 11) is 0. The second kappa shape index (κ2) is 5.99. The first kappa shape index (κ1) is 16.0. The van der Waals surface area contributed by atoms with E-state index in [0.29, 0.717) is 12.8 Å². The molecule has 0 radical (unpaired) electrons. The number of aryl methyl sites for hydroxylation is 1. The highest BCUT2D eigenvalue weighted by Gasteiger charge is 2.49. The van der Waals surface area contributed by atoms with Crippen molar-refractivity contribution < 1.29 is 9.59 Å². The molecule has 1 heterocycles. The average Bonchev–Trinajstić information content (AvgIpc) is 3.12. The number of nitrogens with one attached hydrogen (secondary N) is 1. The summed E-state index contributed by atoms with van der Waals surface area (Å²) in [6.07, 6.45) is 5.49. The Labute approximate surface area is 138 Å². The molecule has 1 N–H and O–H groups in total. The fourth-order valence-corrected chi connectivity index (χ4v) is 3.85. The summed E-state index contributed by atoms with van der Waals surface area (Å²) in [4.78, 5) is 27.2. The van der Waals surface area contributed by atoms with Crippen LogP contribution in [-0.2, 0) is 9.59 Å². The first-order valence-corrected chi connectivity index (χ1v) is 8.64. The summed E-state index contributed by atoms with van der Waals surface area (Å²) in [6.45, 7) is 5.96. The van der Waals surface area contributed by atoms with Crippen LogP contribution in [0.15, 0.2) is 18.2 Å². The normalized spacial score (nSPS) is 25.2. The minimum absolute atomic E-state index is 0.00356. The lowest BCUT2D eigenvalue weighted by Gasteiger charge is -2.36. The molecule has 2 aliphatic rings. The van der Waals surface area contributed by atoms with E-state index in [1.54, 1.807) is 4.90 Å². The van der Waals surface area contributed by atoms with E-state index >= 15 is 0 Å². The Balaban J connectivity index is 1.91. The Bertz CT molecular complexity index is 634. The van der Waals surface area contributed by atoms with Crippen LogP contribution in [0.3, 0.4) is 0 Å². The largest absolute Gasteiger partial charge is 0.351 e. The van der Waals surface area contributed by atoms with Gasteiger partial charge in [0.1, 0.15) is 5.54 Å². The molecule has 4 heteroatoms. The van der Waals surface area contributed by atoms with Crippen LogP contribution < -0.4 is 10.2 Å². The molecule has 1 aliphatic carbocycles. The predicted octanol–water partition coefficient (Wildman–Crippen LogP) is 3.25. The number of hydrogen-bond acceptors (Lipinski definition) is 2. The van der Waals surface area contributed by atoms with Gasteiger partial charge < -0.3 is 5.32 Å². The quantitative estimate of drug-likeness (QED) is 0.931. The maximum Gasteiger partial charge on any atom is 0.246 e. The molecule has 1 aliphatic heterocycles. The minimum atomic E-state index is -0.780. The summed E-state index contributed by atoms with van der Waals surface area (Å²) in [5.41, 5.74) is 2.30. The number of anilines is 1. The minimum Gasteiger partial charge on any atom is -0.351 e. The molecule has 4 nitrogen and oxygen atoms in total. The highest BCUT2D eigenvalue weighted by Crippen LogP contribution is 2.38. The predicted molar refractivity (Wildman–Crippen MR) is 91.4 cm³/mol. The summed E-state index contributed by atoms with van der Waals surface area (Å²) in [6, 6.07) is 6.22. The van der Waals surface area contributed by atoms with E-state index in [1.807, 2.05) is 39.0 Å². The van der Waals surface area contributed by atoms with Crippen molar-refractivity contribution in [1.82, 2.24) is 5.32 Å². The molecule has 23 heavy (non-hydrogen) atoms. The maximum atomic E-state index is 12.9. The molecule has 2 fully saturated rings. The average molecular weight is 314 g/mol. The van der Waals surface area contributed by atoms with Crippen molar-refractivity contribution in [1.29, 1.82) is 0 Å². The van der Waals surface area contributed by atoms with Gasteiger partial charge in [-0.05, 0) is 57.2 Å². The number of rotatable bonds is 3. The van der Waals surface area contributed by atoms with Crippen molar-refractivity contribution >= 4 is 17.5 Å². The molecule has 1 atom stereocenters. The fourth-order valence-electron chi connectivity index (χ4n) is 3.85. The van der Waals surface area contributed by atoms with E-state index in [-0.39, 0.29) is 17.9 Å². The van der Waals surface area contributed by atoms with E-state index in [1.165, 1.54) is 12.8 Å². The molecule has 0 bridgehead atoms. The van der Waals surface area contributed by atoms with Gasteiger partial charge in [0.2, 0.25) is 11.8 Å². The van der Waals surface area contributed by atoms with E-state index in [9.17, 15) is 9.59 Å². The van der Waals surface area contributed by atoms with Gasteiger partial charge in [0.05, 0.1) is 0 Å². The molecule has 1 aromatic carbocycles. The van der Waals surface area contributed by atoms with Gasteiger partial charge in [0.15, 0.2) is 0 Å². The summed E-state index contributed by atoms with van der Waals surface area (Å²) >= 11 is 0. The number of carbonyl (C=O) groups excluding carboxylic acids is 2. The Morgan fingerprint density at radius 2 is 1.96 bits per heavy atom. The first-order valence-electron chi connectivity index (χ1n) is 8.64. The molecule has 0 spiro atoms. The van der Waals surface area contributed by atoms with Gasteiger partial charge in [-0.1, -0.05) is 25.0 Å². The zero-order valence-corrected chi connectivity index (χ0v) is 14.3. The molecule has 124 valence electrons. The number of carbonyl (C=O) groups is 2. The molecule has 0 aromatic heterocycles. The van der Waals surface area contributed by atoms with Gasteiger partial charge in [0.25, 0.3) is 0 Å². The van der Waals surface area contributed by atoms with Crippen molar-refractivity contribution in [2.24, 2.45) is 0 Å². The Morgan fingerprint density at radius 3 is 2.65 bits per heavy atom. The van der Waals surface area contributed by atoms with Crippen LogP contribution in [0.25, 0.3) is 0 Å². The highest BCUT2D eigenvalue weighted by atomic mass is 16.2. The Hall–Kier alpha value is -1.84. The van der Waals surface area contributed by atoms with E-state index < -0.39 is 5.54 Å². The van der Waals surface area contributed by atoms with Crippen LogP contribution in [0.2, 0.25) is 0 Å². The van der Waals surface area contributed by atoms with Gasteiger partial charge in [-0.2, -0.15) is 0 Å². The number of benzene rings is 1. The van der Waals surface area contributed by atoms with Gasteiger partial charge >= 0.3 is 0 Å². The molecule has 1 saturated heterocycles. The zero-order valence-electron chi connectivity index (χ0n) is 14.3. The van der Waals surface area contributed by atoms with E-state index in [0.717, 1.165) is 29.7 Å². The molecule has 3 rings (SSSR count). The van der Waals surface area contributed by atoms with Crippen LogP contribution in [0.1, 0.15) is 56.6 Å². The molecule has 2 amide bonds. The fraction of sp³-hybridized carbons (Fsp3) is 0.579. The summed E-state index contributed by atoms with van der Waals surface area (Å²) < 4.78 is 0. The third-order valence-electron chi connectivity index (χ3n) is 5.57. The van der Waals surface area contributed by atoms with Crippen LogP contribution in [0.5, 0.6) is 0 Å². The van der Waals surface area contributed by atoms with Crippen LogP contribution in [0.4, 0.5) is 5.69 Å². The van der Waals surface area contributed by atoms with Crippen molar-refractivity contribution in [2.45, 2.75) is 70.9 Å². The van der Waals surface area contributed by atoms with Gasteiger partial charge in [-0.15, -0.1) is 0 Å². The molecule has 1 saturated carbocycles. The lowest BCUT2D eigenvalue weighted by Crippen LogP contribution is -2.56. The van der Waals surface area contributed by atoms with Gasteiger partial charge in [-0.3, -0.25) is 14.5 Å². The van der Waals surface area contributed by atoms with Crippen molar-refractivity contribution in [3.05, 3.63) is 29.3 Å². The first-order chi connectivity index (χ1) is 10.9. The number of nitrogens with zero attached hydrogens (tertiary/aromatic N) is 1. The van der Waals surface area contributed by atoms with Crippen molar-refractivity contribution in [3.63, 3.8) is 0 Å².